The van der Waals surface area contributed by atoms with Crippen molar-refractivity contribution in [2.75, 3.05) is 11.5 Å². The molecular weight excluding hydrogens is 325 g/mol. The van der Waals surface area contributed by atoms with Crippen molar-refractivity contribution in [1.29, 1.82) is 0 Å². The molecule has 2 heterocycles. The Hall–Kier alpha value is -2.05. The van der Waals surface area contributed by atoms with Crippen LogP contribution in [-0.4, -0.2) is 20.8 Å². The van der Waals surface area contributed by atoms with Crippen LogP contribution < -0.4 is 11.5 Å². The van der Waals surface area contributed by atoms with E-state index in [2.05, 4.69) is 9.97 Å². The third-order valence-corrected chi connectivity index (χ3v) is 4.35. The van der Waals surface area contributed by atoms with E-state index in [9.17, 15) is 4.79 Å². The van der Waals surface area contributed by atoms with Crippen molar-refractivity contribution in [3.63, 3.8) is 0 Å². The summed E-state index contributed by atoms with van der Waals surface area (Å²) in [6.07, 6.45) is 0. The van der Waals surface area contributed by atoms with Gasteiger partial charge in [0.15, 0.2) is 0 Å². The lowest BCUT2D eigenvalue weighted by molar-refractivity contribution is 0.0704. The third kappa shape index (κ3) is 2.24. The van der Waals surface area contributed by atoms with Gasteiger partial charge in [-0.3, -0.25) is 4.79 Å². The minimum absolute atomic E-state index is 0.0909. The standard InChI is InChI=1S/C14H13Cl2N5O/c1-6-11-7(12(17)20-14(18)19-11)5-21(6)13(22)10-8(15)3-2-4-9(10)16/h2-4,6H,5H2,1H3,(H4,17,18,19,20). The number of aromatic nitrogens is 2. The van der Waals surface area contributed by atoms with Crippen LogP contribution in [0.5, 0.6) is 0 Å². The van der Waals surface area contributed by atoms with Gasteiger partial charge >= 0.3 is 0 Å². The second-order valence-corrected chi connectivity index (χ2v) is 5.85. The van der Waals surface area contributed by atoms with Crippen molar-refractivity contribution in [3.05, 3.63) is 45.1 Å². The number of amides is 1. The summed E-state index contributed by atoms with van der Waals surface area (Å²) in [5, 5.41) is 0.610. The summed E-state index contributed by atoms with van der Waals surface area (Å²) in [7, 11) is 0. The molecule has 0 saturated carbocycles. The number of carbonyl (C=O) groups is 1. The van der Waals surface area contributed by atoms with Gasteiger partial charge in [-0.05, 0) is 19.1 Å². The van der Waals surface area contributed by atoms with Gasteiger partial charge in [0.25, 0.3) is 5.91 Å². The highest BCUT2D eigenvalue weighted by atomic mass is 35.5. The van der Waals surface area contributed by atoms with Crippen LogP contribution in [0.15, 0.2) is 18.2 Å². The van der Waals surface area contributed by atoms with Crippen LogP contribution in [0.4, 0.5) is 11.8 Å². The first-order valence-electron chi connectivity index (χ1n) is 6.57. The number of nitrogen functional groups attached to an aromatic ring is 2. The summed E-state index contributed by atoms with van der Waals surface area (Å²) in [5.74, 6) is 0.0992. The van der Waals surface area contributed by atoms with Gasteiger partial charge in [0.05, 0.1) is 33.9 Å². The Labute approximate surface area is 137 Å². The molecule has 114 valence electrons. The molecule has 0 spiro atoms. The summed E-state index contributed by atoms with van der Waals surface area (Å²) in [6, 6.07) is 4.65. The van der Waals surface area contributed by atoms with Crippen molar-refractivity contribution in [3.8, 4) is 0 Å². The predicted octanol–water partition coefficient (Wildman–Crippen LogP) is 2.66. The van der Waals surface area contributed by atoms with Gasteiger partial charge in [0.2, 0.25) is 5.95 Å². The highest BCUT2D eigenvalue weighted by Gasteiger charge is 2.35. The maximum atomic E-state index is 12.8. The molecule has 0 bridgehead atoms. The fourth-order valence-electron chi connectivity index (χ4n) is 2.59. The zero-order valence-electron chi connectivity index (χ0n) is 11.7. The summed E-state index contributed by atoms with van der Waals surface area (Å²) < 4.78 is 0. The normalized spacial score (nSPS) is 16.7. The van der Waals surface area contributed by atoms with Crippen molar-refractivity contribution < 1.29 is 4.79 Å². The van der Waals surface area contributed by atoms with Crippen LogP contribution in [0.1, 0.15) is 34.6 Å². The molecular formula is C14H13Cl2N5O. The molecule has 0 aliphatic carbocycles. The van der Waals surface area contributed by atoms with Crippen molar-refractivity contribution >= 4 is 40.9 Å². The lowest BCUT2D eigenvalue weighted by atomic mass is 10.1. The first-order chi connectivity index (χ1) is 10.4. The average Bonchev–Trinajstić information content (AvgIpc) is 2.76. The second-order valence-electron chi connectivity index (χ2n) is 5.04. The molecule has 1 aromatic heterocycles. The van der Waals surface area contributed by atoms with E-state index < -0.39 is 0 Å². The molecule has 1 unspecified atom stereocenters. The van der Waals surface area contributed by atoms with E-state index in [1.807, 2.05) is 6.92 Å². The van der Waals surface area contributed by atoms with E-state index in [1.165, 1.54) is 0 Å². The number of nitrogens with zero attached hydrogens (tertiary/aromatic N) is 3. The SMILES string of the molecule is CC1c2nc(N)nc(N)c2CN1C(=O)c1c(Cl)cccc1Cl. The molecule has 8 heteroatoms. The molecule has 1 amide bonds. The smallest absolute Gasteiger partial charge is 0.257 e. The van der Waals surface area contributed by atoms with Gasteiger partial charge < -0.3 is 16.4 Å². The topological polar surface area (TPSA) is 98.1 Å². The van der Waals surface area contributed by atoms with Crippen LogP contribution in [0, 0.1) is 0 Å². The molecule has 1 aromatic carbocycles. The third-order valence-electron chi connectivity index (χ3n) is 3.72. The first-order valence-corrected chi connectivity index (χ1v) is 7.32. The van der Waals surface area contributed by atoms with Crippen LogP contribution >= 0.6 is 23.2 Å². The molecule has 0 fully saturated rings. The quantitative estimate of drug-likeness (QED) is 0.833. The summed E-state index contributed by atoms with van der Waals surface area (Å²) in [5.41, 5.74) is 13.1. The highest BCUT2D eigenvalue weighted by molar-refractivity contribution is 6.39. The number of nitrogens with two attached hydrogens (primary N) is 2. The number of carbonyl (C=O) groups excluding carboxylic acids is 1. The lowest BCUT2D eigenvalue weighted by Crippen LogP contribution is -2.28. The molecule has 3 rings (SSSR count). The zero-order chi connectivity index (χ0) is 16.0. The molecule has 6 nitrogen and oxygen atoms in total. The minimum atomic E-state index is -0.289. The molecule has 1 atom stereocenters. The van der Waals surface area contributed by atoms with Gasteiger partial charge in [0.1, 0.15) is 5.82 Å². The van der Waals surface area contributed by atoms with Gasteiger partial charge in [-0.2, -0.15) is 4.98 Å². The highest BCUT2D eigenvalue weighted by Crippen LogP contribution is 2.37. The average molecular weight is 338 g/mol. The van der Waals surface area contributed by atoms with E-state index in [0.717, 1.165) is 0 Å². The maximum absolute atomic E-state index is 12.8. The molecule has 1 aliphatic heterocycles. The molecule has 22 heavy (non-hydrogen) atoms. The minimum Gasteiger partial charge on any atom is -0.383 e. The largest absolute Gasteiger partial charge is 0.383 e. The zero-order valence-corrected chi connectivity index (χ0v) is 13.2. The number of hydrogen-bond donors (Lipinski definition) is 2. The van der Waals surface area contributed by atoms with Crippen molar-refractivity contribution in [2.24, 2.45) is 0 Å². The van der Waals surface area contributed by atoms with Crippen LogP contribution in [0.25, 0.3) is 0 Å². The Morgan fingerprint density at radius 2 is 1.91 bits per heavy atom. The molecule has 4 N–H and O–H groups in total. The summed E-state index contributed by atoms with van der Waals surface area (Å²) in [6.45, 7) is 2.14. The van der Waals surface area contributed by atoms with E-state index in [1.54, 1.807) is 23.1 Å². The monoisotopic (exact) mass is 337 g/mol. The number of fused-ring (bicyclic) bond motifs is 1. The molecule has 1 aliphatic rings. The maximum Gasteiger partial charge on any atom is 0.257 e. The Bertz CT molecular complexity index is 760. The lowest BCUT2D eigenvalue weighted by Gasteiger charge is -2.22. The van der Waals surface area contributed by atoms with Crippen molar-refractivity contribution in [1.82, 2.24) is 14.9 Å². The summed E-state index contributed by atoms with van der Waals surface area (Å²) >= 11 is 12.2. The van der Waals surface area contributed by atoms with Gasteiger partial charge in [0, 0.05) is 5.56 Å². The van der Waals surface area contributed by atoms with Gasteiger partial charge in [-0.15, -0.1) is 0 Å². The number of halogens is 2. The fraction of sp³-hybridized carbons (Fsp3) is 0.214. The van der Waals surface area contributed by atoms with Gasteiger partial charge in [-0.1, -0.05) is 29.3 Å². The van der Waals surface area contributed by atoms with Crippen molar-refractivity contribution in [2.45, 2.75) is 19.5 Å². The van der Waals surface area contributed by atoms with Gasteiger partial charge in [-0.25, -0.2) is 4.98 Å². The van der Waals surface area contributed by atoms with Crippen LogP contribution in [-0.2, 0) is 6.54 Å². The number of hydrogen-bond acceptors (Lipinski definition) is 5. The summed E-state index contributed by atoms with van der Waals surface area (Å²) in [4.78, 5) is 22.5. The van der Waals surface area contributed by atoms with E-state index in [4.69, 9.17) is 34.7 Å². The van der Waals surface area contributed by atoms with E-state index in [-0.39, 0.29) is 29.3 Å². The Morgan fingerprint density at radius 1 is 1.27 bits per heavy atom. The Balaban J connectivity index is 2.02. The van der Waals surface area contributed by atoms with Crippen LogP contribution in [0.3, 0.4) is 0 Å². The van der Waals surface area contributed by atoms with Crippen LogP contribution in [0.2, 0.25) is 10.0 Å². The molecule has 0 saturated heterocycles. The molecule has 2 aromatic rings. The van der Waals surface area contributed by atoms with E-state index in [0.29, 0.717) is 27.8 Å². The number of rotatable bonds is 1. The van der Waals surface area contributed by atoms with E-state index >= 15 is 0 Å². The Morgan fingerprint density at radius 3 is 2.55 bits per heavy atom. The fourth-order valence-corrected chi connectivity index (χ4v) is 3.15. The second kappa shape index (κ2) is 5.30. The number of anilines is 2. The first kappa shape index (κ1) is 14.9. The predicted molar refractivity (Wildman–Crippen MR) is 85.6 cm³/mol. The molecule has 0 radical (unpaired) electrons. The Kier molecular flexibility index (Phi) is 3.58. The number of benzene rings is 1.